The molecule has 0 aliphatic carbocycles. The molecule has 110 valence electrons. The molecule has 0 fully saturated rings. The maximum Gasteiger partial charge on any atom is 0.194 e. The number of hydrogen-bond acceptors (Lipinski definition) is 3. The van der Waals surface area contributed by atoms with Crippen LogP contribution in [-0.4, -0.2) is 12.4 Å². The molecule has 0 radical (unpaired) electrons. The molecule has 0 atom stereocenters. The number of carbonyl (C=O) groups is 1. The van der Waals surface area contributed by atoms with E-state index in [0.717, 1.165) is 0 Å². The van der Waals surface area contributed by atoms with Crippen molar-refractivity contribution in [2.45, 2.75) is 6.92 Å². The van der Waals surface area contributed by atoms with Crippen LogP contribution in [-0.2, 0) is 0 Å². The molecule has 2 rings (SSSR count). The van der Waals surface area contributed by atoms with E-state index in [4.69, 9.17) is 10.5 Å². The van der Waals surface area contributed by atoms with E-state index in [1.807, 2.05) is 6.92 Å². The lowest BCUT2D eigenvalue weighted by Crippen LogP contribution is -2.05. The molecular formula is C15H12Br2FNO2. The fourth-order valence-corrected chi connectivity index (χ4v) is 2.80. The van der Waals surface area contributed by atoms with Crippen LogP contribution in [0.1, 0.15) is 22.8 Å². The van der Waals surface area contributed by atoms with Crippen LogP contribution < -0.4 is 10.5 Å². The summed E-state index contributed by atoms with van der Waals surface area (Å²) in [5.41, 5.74) is 6.22. The summed E-state index contributed by atoms with van der Waals surface area (Å²) in [7, 11) is 0. The molecule has 0 saturated carbocycles. The zero-order valence-corrected chi connectivity index (χ0v) is 14.3. The maximum absolute atomic E-state index is 13.3. The molecule has 0 aliphatic heterocycles. The number of hydrogen-bond donors (Lipinski definition) is 1. The number of nitrogens with two attached hydrogens (primary N) is 1. The van der Waals surface area contributed by atoms with Gasteiger partial charge in [0.05, 0.1) is 16.8 Å². The van der Waals surface area contributed by atoms with Crippen LogP contribution in [0, 0.1) is 5.82 Å². The first-order valence-corrected chi connectivity index (χ1v) is 7.74. The molecule has 2 N–H and O–H groups in total. The van der Waals surface area contributed by atoms with Gasteiger partial charge in [-0.3, -0.25) is 4.79 Å². The van der Waals surface area contributed by atoms with Crippen LogP contribution in [0.2, 0.25) is 0 Å². The number of benzene rings is 2. The SMILES string of the molecule is CCOc1ccc(C(=O)c2cc(N)c(F)cc2Br)cc1Br. The normalized spacial score (nSPS) is 10.5. The number of anilines is 1. The molecule has 2 aromatic rings. The van der Waals surface area contributed by atoms with Crippen molar-refractivity contribution in [1.82, 2.24) is 0 Å². The van der Waals surface area contributed by atoms with Crippen LogP contribution in [0.5, 0.6) is 5.75 Å². The summed E-state index contributed by atoms with van der Waals surface area (Å²) in [5.74, 6) is -0.157. The van der Waals surface area contributed by atoms with Crippen LogP contribution in [0.15, 0.2) is 39.3 Å². The monoisotopic (exact) mass is 415 g/mol. The second-order valence-corrected chi connectivity index (χ2v) is 5.97. The van der Waals surface area contributed by atoms with Crippen molar-refractivity contribution in [1.29, 1.82) is 0 Å². The van der Waals surface area contributed by atoms with E-state index in [2.05, 4.69) is 31.9 Å². The number of ether oxygens (including phenoxy) is 1. The molecule has 0 amide bonds. The van der Waals surface area contributed by atoms with E-state index >= 15 is 0 Å². The van der Waals surface area contributed by atoms with Crippen molar-refractivity contribution in [2.24, 2.45) is 0 Å². The van der Waals surface area contributed by atoms with E-state index in [9.17, 15) is 9.18 Å². The lowest BCUT2D eigenvalue weighted by Gasteiger charge is -2.09. The molecule has 0 spiro atoms. The van der Waals surface area contributed by atoms with Crippen molar-refractivity contribution in [3.05, 3.63) is 56.2 Å². The number of ketones is 1. The highest BCUT2D eigenvalue weighted by atomic mass is 79.9. The third-order valence-corrected chi connectivity index (χ3v) is 4.10. The summed E-state index contributed by atoms with van der Waals surface area (Å²) in [5, 5.41) is 0. The van der Waals surface area contributed by atoms with Gasteiger partial charge in [-0.2, -0.15) is 0 Å². The van der Waals surface area contributed by atoms with Crippen LogP contribution in [0.3, 0.4) is 0 Å². The molecule has 0 unspecified atom stereocenters. The number of rotatable bonds is 4. The Morgan fingerprint density at radius 2 is 1.95 bits per heavy atom. The van der Waals surface area contributed by atoms with Gasteiger partial charge in [0.1, 0.15) is 11.6 Å². The summed E-state index contributed by atoms with van der Waals surface area (Å²) in [6, 6.07) is 7.54. The maximum atomic E-state index is 13.3. The Labute approximate surface area is 138 Å². The lowest BCUT2D eigenvalue weighted by molar-refractivity contribution is 0.103. The Kier molecular flexibility index (Phi) is 5.00. The highest BCUT2D eigenvalue weighted by Crippen LogP contribution is 2.29. The molecule has 0 aliphatic rings. The minimum absolute atomic E-state index is 0.0634. The van der Waals surface area contributed by atoms with Crippen molar-refractivity contribution >= 4 is 43.3 Å². The zero-order valence-electron chi connectivity index (χ0n) is 11.1. The summed E-state index contributed by atoms with van der Waals surface area (Å²) in [4.78, 5) is 12.5. The van der Waals surface area contributed by atoms with Gasteiger partial charge in [-0.15, -0.1) is 0 Å². The van der Waals surface area contributed by atoms with Gasteiger partial charge >= 0.3 is 0 Å². The van der Waals surface area contributed by atoms with Gasteiger partial charge in [0.25, 0.3) is 0 Å². The van der Waals surface area contributed by atoms with Gasteiger partial charge in [-0.25, -0.2) is 4.39 Å². The van der Waals surface area contributed by atoms with E-state index in [1.165, 1.54) is 12.1 Å². The number of halogens is 3. The Morgan fingerprint density at radius 1 is 1.24 bits per heavy atom. The predicted octanol–water partition coefficient (Wildman–Crippen LogP) is 4.56. The summed E-state index contributed by atoms with van der Waals surface area (Å²) < 4.78 is 19.8. The number of carbonyl (C=O) groups excluding carboxylic acids is 1. The van der Waals surface area contributed by atoms with Gasteiger partial charge in [0.2, 0.25) is 0 Å². The molecule has 0 heterocycles. The standard InChI is InChI=1S/C15H12Br2FNO2/c1-2-21-14-4-3-8(5-11(14)17)15(20)9-6-13(19)12(18)7-10(9)16/h3-7H,2,19H2,1H3. The average Bonchev–Trinajstić information content (AvgIpc) is 2.44. The van der Waals surface area contributed by atoms with Gasteiger partial charge in [-0.1, -0.05) is 0 Å². The van der Waals surface area contributed by atoms with Crippen molar-refractivity contribution in [3.63, 3.8) is 0 Å². The Balaban J connectivity index is 2.41. The Bertz CT molecular complexity index is 704. The molecule has 0 aromatic heterocycles. The highest BCUT2D eigenvalue weighted by Gasteiger charge is 2.16. The highest BCUT2D eigenvalue weighted by molar-refractivity contribution is 9.10. The zero-order chi connectivity index (χ0) is 15.6. The topological polar surface area (TPSA) is 52.3 Å². The smallest absolute Gasteiger partial charge is 0.194 e. The number of nitrogen functional groups attached to an aromatic ring is 1. The molecular weight excluding hydrogens is 405 g/mol. The minimum atomic E-state index is -0.564. The minimum Gasteiger partial charge on any atom is -0.493 e. The fourth-order valence-electron chi connectivity index (χ4n) is 1.81. The van der Waals surface area contributed by atoms with Crippen molar-refractivity contribution < 1.29 is 13.9 Å². The van der Waals surface area contributed by atoms with E-state index in [0.29, 0.717) is 32.4 Å². The third-order valence-electron chi connectivity index (χ3n) is 2.82. The molecule has 0 bridgehead atoms. The summed E-state index contributed by atoms with van der Waals surface area (Å²) in [6.07, 6.45) is 0. The van der Waals surface area contributed by atoms with E-state index in [-0.39, 0.29) is 11.5 Å². The van der Waals surface area contributed by atoms with Crippen molar-refractivity contribution in [3.8, 4) is 5.75 Å². The average molecular weight is 417 g/mol. The van der Waals surface area contributed by atoms with Gasteiger partial charge in [0.15, 0.2) is 5.78 Å². The first-order chi connectivity index (χ1) is 9.93. The van der Waals surface area contributed by atoms with E-state index < -0.39 is 5.82 Å². The Hall–Kier alpha value is -1.40. The fraction of sp³-hybridized carbons (Fsp3) is 0.133. The lowest BCUT2D eigenvalue weighted by atomic mass is 10.0. The second kappa shape index (κ2) is 6.58. The van der Waals surface area contributed by atoms with Crippen LogP contribution >= 0.6 is 31.9 Å². The largest absolute Gasteiger partial charge is 0.493 e. The van der Waals surface area contributed by atoms with Crippen molar-refractivity contribution in [2.75, 3.05) is 12.3 Å². The van der Waals surface area contributed by atoms with Crippen LogP contribution in [0.25, 0.3) is 0 Å². The van der Waals surface area contributed by atoms with E-state index in [1.54, 1.807) is 18.2 Å². The van der Waals surface area contributed by atoms with Gasteiger partial charge in [-0.05, 0) is 69.1 Å². The third kappa shape index (κ3) is 3.44. The Morgan fingerprint density at radius 3 is 2.57 bits per heavy atom. The van der Waals surface area contributed by atoms with Gasteiger partial charge in [0, 0.05) is 15.6 Å². The molecule has 21 heavy (non-hydrogen) atoms. The first-order valence-electron chi connectivity index (χ1n) is 6.15. The molecule has 2 aromatic carbocycles. The molecule has 0 saturated heterocycles. The molecule has 6 heteroatoms. The predicted molar refractivity (Wildman–Crippen MR) is 87.3 cm³/mol. The molecule has 3 nitrogen and oxygen atoms in total. The summed E-state index contributed by atoms with van der Waals surface area (Å²) in [6.45, 7) is 2.41. The second-order valence-electron chi connectivity index (χ2n) is 4.26. The van der Waals surface area contributed by atoms with Gasteiger partial charge < -0.3 is 10.5 Å². The first kappa shape index (κ1) is 16.0. The van der Waals surface area contributed by atoms with Crippen LogP contribution in [0.4, 0.5) is 10.1 Å². The summed E-state index contributed by atoms with van der Waals surface area (Å²) >= 11 is 6.54. The quantitative estimate of drug-likeness (QED) is 0.587.